The zero-order valence-corrected chi connectivity index (χ0v) is 13.2. The summed E-state index contributed by atoms with van der Waals surface area (Å²) >= 11 is 5.91. The van der Waals surface area contributed by atoms with Crippen LogP contribution >= 0.6 is 11.6 Å². The van der Waals surface area contributed by atoms with Crippen LogP contribution < -0.4 is 5.32 Å². The topological polar surface area (TPSA) is 59.8 Å². The van der Waals surface area contributed by atoms with Gasteiger partial charge in [0, 0.05) is 23.7 Å². The van der Waals surface area contributed by atoms with Gasteiger partial charge in [-0.2, -0.15) is 5.10 Å². The van der Waals surface area contributed by atoms with E-state index in [9.17, 15) is 4.79 Å². The zero-order valence-electron chi connectivity index (χ0n) is 12.4. The molecule has 0 saturated heterocycles. The number of nitrogens with zero attached hydrogens (tertiary/aromatic N) is 3. The van der Waals surface area contributed by atoms with Crippen molar-refractivity contribution >= 4 is 17.5 Å². The maximum Gasteiger partial charge on any atom is 0.223 e. The van der Waals surface area contributed by atoms with Crippen molar-refractivity contribution in [3.63, 3.8) is 0 Å². The molecule has 0 spiro atoms. The number of aryl methyl sites for hydroxylation is 1. The molecule has 0 aromatic carbocycles. The molecule has 6 heteroatoms. The van der Waals surface area contributed by atoms with Crippen LogP contribution in [-0.2, 0) is 11.3 Å². The van der Waals surface area contributed by atoms with Crippen LogP contribution in [0.1, 0.15) is 31.5 Å². The second-order valence-electron chi connectivity index (χ2n) is 5.07. The summed E-state index contributed by atoms with van der Waals surface area (Å²) in [5.41, 5.74) is 1.78. The van der Waals surface area contributed by atoms with Crippen LogP contribution in [0.4, 0.5) is 0 Å². The summed E-state index contributed by atoms with van der Waals surface area (Å²) in [6, 6.07) is 3.86. The van der Waals surface area contributed by atoms with E-state index >= 15 is 0 Å². The minimum atomic E-state index is 0.00556. The van der Waals surface area contributed by atoms with Gasteiger partial charge in [-0.15, -0.1) is 0 Å². The number of nitrogens with one attached hydrogen (secondary N) is 1. The van der Waals surface area contributed by atoms with Gasteiger partial charge in [0.1, 0.15) is 0 Å². The smallest absolute Gasteiger partial charge is 0.223 e. The molecular weight excluding hydrogens is 288 g/mol. The monoisotopic (exact) mass is 306 g/mol. The molecule has 112 valence electrons. The van der Waals surface area contributed by atoms with Crippen molar-refractivity contribution in [1.82, 2.24) is 20.1 Å². The van der Waals surface area contributed by atoms with Crippen molar-refractivity contribution in [2.45, 2.75) is 33.7 Å². The molecule has 0 aliphatic rings. The largest absolute Gasteiger partial charge is 0.352 e. The average molecular weight is 307 g/mol. The molecule has 2 aromatic heterocycles. The summed E-state index contributed by atoms with van der Waals surface area (Å²) < 4.78 is 1.63. The Morgan fingerprint density at radius 3 is 2.86 bits per heavy atom. The molecule has 2 aromatic rings. The first kappa shape index (κ1) is 15.5. The van der Waals surface area contributed by atoms with Crippen LogP contribution in [0.25, 0.3) is 5.82 Å². The standard InChI is InChI=1S/C15H19ClN4O/c1-4-10(2)15(21)17-7-12-6-5-11(3)19-14(12)20-9-13(16)8-18-20/h5-6,8-10H,4,7H2,1-3H3,(H,17,21). The lowest BCUT2D eigenvalue weighted by Gasteiger charge is -2.13. The van der Waals surface area contributed by atoms with Gasteiger partial charge in [0.05, 0.1) is 17.4 Å². The third-order valence-corrected chi connectivity index (χ3v) is 3.57. The Kier molecular flexibility index (Phi) is 4.96. The highest BCUT2D eigenvalue weighted by Crippen LogP contribution is 2.15. The van der Waals surface area contributed by atoms with Crippen LogP contribution in [0, 0.1) is 12.8 Å². The Morgan fingerprint density at radius 2 is 2.24 bits per heavy atom. The van der Waals surface area contributed by atoms with Crippen molar-refractivity contribution in [3.05, 3.63) is 40.8 Å². The number of aromatic nitrogens is 3. The SMILES string of the molecule is CCC(C)C(=O)NCc1ccc(C)nc1-n1cc(Cl)cn1. The fourth-order valence-electron chi connectivity index (χ4n) is 1.87. The van der Waals surface area contributed by atoms with Crippen molar-refractivity contribution in [2.75, 3.05) is 0 Å². The van der Waals surface area contributed by atoms with Crippen molar-refractivity contribution in [3.8, 4) is 5.82 Å². The molecule has 0 saturated carbocycles. The highest BCUT2D eigenvalue weighted by Gasteiger charge is 2.13. The van der Waals surface area contributed by atoms with E-state index in [0.29, 0.717) is 17.4 Å². The van der Waals surface area contributed by atoms with Crippen LogP contribution in [-0.4, -0.2) is 20.7 Å². The fourth-order valence-corrected chi connectivity index (χ4v) is 2.00. The second-order valence-corrected chi connectivity index (χ2v) is 5.50. The number of carbonyl (C=O) groups excluding carboxylic acids is 1. The summed E-state index contributed by atoms with van der Waals surface area (Å²) in [4.78, 5) is 16.4. The van der Waals surface area contributed by atoms with E-state index in [4.69, 9.17) is 11.6 Å². The molecule has 1 unspecified atom stereocenters. The Labute approximate surface area is 129 Å². The Hall–Kier alpha value is -1.88. The summed E-state index contributed by atoms with van der Waals surface area (Å²) in [6.07, 6.45) is 4.08. The summed E-state index contributed by atoms with van der Waals surface area (Å²) in [5, 5.41) is 7.66. The lowest BCUT2D eigenvalue weighted by atomic mass is 10.1. The summed E-state index contributed by atoms with van der Waals surface area (Å²) in [6.45, 7) is 6.24. The Bertz CT molecular complexity index is 638. The van der Waals surface area contributed by atoms with E-state index in [0.717, 1.165) is 17.7 Å². The van der Waals surface area contributed by atoms with Crippen LogP contribution in [0.5, 0.6) is 0 Å². The second kappa shape index (κ2) is 6.72. The van der Waals surface area contributed by atoms with Gasteiger partial charge < -0.3 is 5.32 Å². The van der Waals surface area contributed by atoms with E-state index < -0.39 is 0 Å². The third-order valence-electron chi connectivity index (χ3n) is 3.38. The van der Waals surface area contributed by atoms with E-state index in [-0.39, 0.29) is 11.8 Å². The summed E-state index contributed by atoms with van der Waals surface area (Å²) in [7, 11) is 0. The quantitative estimate of drug-likeness (QED) is 0.924. The first-order valence-electron chi connectivity index (χ1n) is 6.96. The first-order valence-corrected chi connectivity index (χ1v) is 7.33. The number of amides is 1. The number of carbonyl (C=O) groups is 1. The molecule has 21 heavy (non-hydrogen) atoms. The van der Waals surface area contributed by atoms with E-state index in [1.165, 1.54) is 0 Å². The van der Waals surface area contributed by atoms with Gasteiger partial charge in [-0.1, -0.05) is 31.5 Å². The number of hydrogen-bond acceptors (Lipinski definition) is 3. The predicted molar refractivity (Wildman–Crippen MR) is 82.4 cm³/mol. The van der Waals surface area contributed by atoms with Crippen molar-refractivity contribution in [1.29, 1.82) is 0 Å². The van der Waals surface area contributed by atoms with Gasteiger partial charge >= 0.3 is 0 Å². The fraction of sp³-hybridized carbons (Fsp3) is 0.400. The molecular formula is C15H19ClN4O. The van der Waals surface area contributed by atoms with Crippen LogP contribution in [0.15, 0.2) is 24.5 Å². The van der Waals surface area contributed by atoms with E-state index in [2.05, 4.69) is 15.4 Å². The maximum absolute atomic E-state index is 11.9. The Balaban J connectivity index is 2.22. The number of pyridine rings is 1. The van der Waals surface area contributed by atoms with E-state index in [1.54, 1.807) is 17.1 Å². The molecule has 0 bridgehead atoms. The zero-order chi connectivity index (χ0) is 15.4. The number of halogens is 1. The number of rotatable bonds is 5. The van der Waals surface area contributed by atoms with Gasteiger partial charge in [-0.25, -0.2) is 9.67 Å². The Morgan fingerprint density at radius 1 is 1.48 bits per heavy atom. The predicted octanol–water partition coefficient (Wildman–Crippen LogP) is 2.89. The van der Waals surface area contributed by atoms with Crippen LogP contribution in [0.2, 0.25) is 5.02 Å². The molecule has 1 N–H and O–H groups in total. The highest BCUT2D eigenvalue weighted by molar-refractivity contribution is 6.30. The molecule has 0 fully saturated rings. The van der Waals surface area contributed by atoms with Gasteiger partial charge in [0.25, 0.3) is 0 Å². The molecule has 2 heterocycles. The van der Waals surface area contributed by atoms with Gasteiger partial charge in [-0.3, -0.25) is 4.79 Å². The highest BCUT2D eigenvalue weighted by atomic mass is 35.5. The lowest BCUT2D eigenvalue weighted by Crippen LogP contribution is -2.29. The minimum absolute atomic E-state index is 0.00556. The van der Waals surface area contributed by atoms with Gasteiger partial charge in [0.2, 0.25) is 5.91 Å². The molecule has 0 aliphatic heterocycles. The normalized spacial score (nSPS) is 12.2. The van der Waals surface area contributed by atoms with Crippen molar-refractivity contribution in [2.24, 2.45) is 5.92 Å². The maximum atomic E-state index is 11.9. The molecule has 0 aliphatic carbocycles. The third kappa shape index (κ3) is 3.82. The summed E-state index contributed by atoms with van der Waals surface area (Å²) in [5.74, 6) is 0.736. The average Bonchev–Trinajstić information content (AvgIpc) is 2.91. The molecule has 5 nitrogen and oxygen atoms in total. The first-order chi connectivity index (χ1) is 10.0. The van der Waals surface area contributed by atoms with E-state index in [1.807, 2.05) is 32.9 Å². The molecule has 0 radical (unpaired) electrons. The van der Waals surface area contributed by atoms with Gasteiger partial charge in [-0.05, 0) is 19.4 Å². The number of hydrogen-bond donors (Lipinski definition) is 1. The van der Waals surface area contributed by atoms with Crippen LogP contribution in [0.3, 0.4) is 0 Å². The van der Waals surface area contributed by atoms with Crippen molar-refractivity contribution < 1.29 is 4.79 Å². The molecule has 2 rings (SSSR count). The lowest BCUT2D eigenvalue weighted by molar-refractivity contribution is -0.124. The molecule has 1 amide bonds. The minimum Gasteiger partial charge on any atom is -0.352 e. The van der Waals surface area contributed by atoms with Gasteiger partial charge in [0.15, 0.2) is 5.82 Å². The molecule has 1 atom stereocenters.